The molecule has 0 radical (unpaired) electrons. The molecule has 0 unspecified atom stereocenters. The first-order chi connectivity index (χ1) is 12.5. The number of amides is 1. The lowest BCUT2D eigenvalue weighted by Crippen LogP contribution is -2.13. The van der Waals surface area contributed by atoms with E-state index in [9.17, 15) is 9.59 Å². The second kappa shape index (κ2) is 8.24. The van der Waals surface area contributed by atoms with E-state index in [1.807, 2.05) is 13.0 Å². The number of rotatable bonds is 6. The number of hydrogen-bond donors (Lipinski definition) is 1. The van der Waals surface area contributed by atoms with E-state index in [4.69, 9.17) is 4.74 Å². The zero-order valence-corrected chi connectivity index (χ0v) is 15.8. The lowest BCUT2D eigenvalue weighted by atomic mass is 10.2. The van der Waals surface area contributed by atoms with E-state index in [0.717, 1.165) is 20.9 Å². The minimum absolute atomic E-state index is 0.170. The highest BCUT2D eigenvalue weighted by Gasteiger charge is 2.12. The number of thiazole rings is 1. The van der Waals surface area contributed by atoms with Gasteiger partial charge < -0.3 is 10.1 Å². The highest BCUT2D eigenvalue weighted by molar-refractivity contribution is 7.99. The van der Waals surface area contributed by atoms with Crippen molar-refractivity contribution in [1.29, 1.82) is 0 Å². The van der Waals surface area contributed by atoms with Crippen LogP contribution in [0, 0.1) is 6.92 Å². The average Bonchev–Trinajstić information content (AvgIpc) is 3.01. The van der Waals surface area contributed by atoms with Crippen LogP contribution in [-0.2, 0) is 9.53 Å². The van der Waals surface area contributed by atoms with Gasteiger partial charge in [0.25, 0.3) is 0 Å². The Kier molecular flexibility index (Phi) is 5.79. The molecule has 26 heavy (non-hydrogen) atoms. The number of benzene rings is 1. The predicted molar refractivity (Wildman–Crippen MR) is 102 cm³/mol. The smallest absolute Gasteiger partial charge is 0.338 e. The van der Waals surface area contributed by atoms with Crippen LogP contribution in [0.1, 0.15) is 23.0 Å². The Morgan fingerprint density at radius 3 is 2.88 bits per heavy atom. The van der Waals surface area contributed by atoms with E-state index < -0.39 is 0 Å². The summed E-state index contributed by atoms with van der Waals surface area (Å²) in [6.45, 7) is 3.96. The molecule has 0 aliphatic heterocycles. The van der Waals surface area contributed by atoms with Crippen LogP contribution in [0.15, 0.2) is 35.6 Å². The molecular weight excluding hydrogens is 372 g/mol. The van der Waals surface area contributed by atoms with Gasteiger partial charge in [0.2, 0.25) is 5.91 Å². The molecule has 0 saturated carbocycles. The van der Waals surface area contributed by atoms with Crippen LogP contribution in [0.3, 0.4) is 0 Å². The summed E-state index contributed by atoms with van der Waals surface area (Å²) in [5.74, 6) is -0.318. The van der Waals surface area contributed by atoms with Crippen LogP contribution in [0.2, 0.25) is 0 Å². The normalized spacial score (nSPS) is 10.7. The first-order valence-electron chi connectivity index (χ1n) is 7.84. The van der Waals surface area contributed by atoms with Gasteiger partial charge in [-0.3, -0.25) is 4.79 Å². The number of fused-ring (bicyclic) bond motifs is 1. The van der Waals surface area contributed by atoms with Crippen molar-refractivity contribution in [3.05, 3.63) is 41.9 Å². The molecule has 0 bridgehead atoms. The molecule has 0 atom stereocenters. The number of carbonyl (C=O) groups excluding carboxylic acids is 2. The number of ether oxygens (including phenoxy) is 1. The van der Waals surface area contributed by atoms with Crippen LogP contribution in [-0.4, -0.2) is 39.2 Å². The third-order valence-corrected chi connectivity index (χ3v) is 5.13. The van der Waals surface area contributed by atoms with Gasteiger partial charge in [-0.1, -0.05) is 23.1 Å². The minimum atomic E-state index is -0.370. The summed E-state index contributed by atoms with van der Waals surface area (Å²) in [5, 5.41) is 4.02. The lowest BCUT2D eigenvalue weighted by molar-refractivity contribution is -0.113. The van der Waals surface area contributed by atoms with Crippen molar-refractivity contribution >= 4 is 50.3 Å². The summed E-state index contributed by atoms with van der Waals surface area (Å²) in [6.07, 6.45) is 1.48. The van der Waals surface area contributed by atoms with E-state index in [1.54, 1.807) is 25.1 Å². The van der Waals surface area contributed by atoms with Gasteiger partial charge in [-0.25, -0.2) is 19.7 Å². The van der Waals surface area contributed by atoms with Gasteiger partial charge in [0.05, 0.1) is 28.1 Å². The molecule has 0 saturated heterocycles. The highest BCUT2D eigenvalue weighted by Crippen LogP contribution is 2.27. The summed E-state index contributed by atoms with van der Waals surface area (Å²) in [4.78, 5) is 36.4. The fourth-order valence-electron chi connectivity index (χ4n) is 2.12. The van der Waals surface area contributed by atoms with Gasteiger partial charge in [-0.2, -0.15) is 0 Å². The highest BCUT2D eigenvalue weighted by atomic mass is 32.2. The molecule has 9 heteroatoms. The van der Waals surface area contributed by atoms with Gasteiger partial charge in [-0.15, -0.1) is 0 Å². The molecule has 1 aromatic carbocycles. The lowest BCUT2D eigenvalue weighted by Gasteiger charge is -2.01. The number of thioether (sulfide) groups is 1. The minimum Gasteiger partial charge on any atom is -0.462 e. The molecule has 2 aromatic heterocycles. The number of anilines is 1. The molecule has 0 aliphatic carbocycles. The van der Waals surface area contributed by atoms with Crippen LogP contribution in [0.4, 0.5) is 5.13 Å². The summed E-state index contributed by atoms with van der Waals surface area (Å²) in [5.41, 5.74) is 2.04. The molecular formula is C17H16N4O3S2. The van der Waals surface area contributed by atoms with Gasteiger partial charge in [0.1, 0.15) is 11.4 Å². The first kappa shape index (κ1) is 18.3. The maximum Gasteiger partial charge on any atom is 0.338 e. The van der Waals surface area contributed by atoms with E-state index in [0.29, 0.717) is 17.3 Å². The number of nitrogens with zero attached hydrogens (tertiary/aromatic N) is 3. The van der Waals surface area contributed by atoms with E-state index >= 15 is 0 Å². The van der Waals surface area contributed by atoms with Crippen molar-refractivity contribution in [3.63, 3.8) is 0 Å². The van der Waals surface area contributed by atoms with E-state index in [-0.39, 0.29) is 17.6 Å². The quantitative estimate of drug-likeness (QED) is 0.393. The van der Waals surface area contributed by atoms with Gasteiger partial charge in [0, 0.05) is 5.69 Å². The maximum absolute atomic E-state index is 12.1. The second-order valence-corrected chi connectivity index (χ2v) is 7.28. The second-order valence-electron chi connectivity index (χ2n) is 5.26. The molecule has 3 rings (SSSR count). The van der Waals surface area contributed by atoms with Gasteiger partial charge in [0.15, 0.2) is 5.13 Å². The Bertz CT molecular complexity index is 958. The molecule has 7 nitrogen and oxygen atoms in total. The molecule has 1 amide bonds. The summed E-state index contributed by atoms with van der Waals surface area (Å²) in [6, 6.07) is 6.96. The number of esters is 1. The van der Waals surface area contributed by atoms with Crippen molar-refractivity contribution in [3.8, 4) is 0 Å². The SMILES string of the molecule is CCOC(=O)c1ccc2nc(NC(=O)CSc3cc(C)ncn3)sc2c1. The zero-order chi connectivity index (χ0) is 18.5. The Morgan fingerprint density at radius 2 is 2.12 bits per heavy atom. The number of nitrogens with one attached hydrogen (secondary N) is 1. The first-order valence-corrected chi connectivity index (χ1v) is 9.64. The monoisotopic (exact) mass is 388 g/mol. The summed E-state index contributed by atoms with van der Waals surface area (Å²) in [7, 11) is 0. The van der Waals surface area contributed by atoms with Crippen molar-refractivity contribution in [2.24, 2.45) is 0 Å². The van der Waals surface area contributed by atoms with Crippen LogP contribution in [0.5, 0.6) is 0 Å². The fourth-order valence-corrected chi connectivity index (χ4v) is 3.77. The molecule has 0 aliphatic rings. The zero-order valence-electron chi connectivity index (χ0n) is 14.2. The molecule has 3 aromatic rings. The number of hydrogen-bond acceptors (Lipinski definition) is 8. The maximum atomic E-state index is 12.1. The number of aryl methyl sites for hydroxylation is 1. The van der Waals surface area contributed by atoms with Gasteiger partial charge >= 0.3 is 5.97 Å². The van der Waals surface area contributed by atoms with Crippen molar-refractivity contribution in [2.45, 2.75) is 18.9 Å². The number of carbonyl (C=O) groups is 2. The molecule has 0 fully saturated rings. The molecule has 1 N–H and O–H groups in total. The Morgan fingerprint density at radius 1 is 1.27 bits per heavy atom. The summed E-state index contributed by atoms with van der Waals surface area (Å²) >= 11 is 2.65. The fraction of sp³-hybridized carbons (Fsp3) is 0.235. The van der Waals surface area contributed by atoms with Crippen molar-refractivity contribution < 1.29 is 14.3 Å². The van der Waals surface area contributed by atoms with E-state index in [2.05, 4.69) is 20.3 Å². The number of aromatic nitrogens is 3. The third kappa shape index (κ3) is 4.55. The standard InChI is InChI=1S/C17H16N4O3S2/c1-3-24-16(23)11-4-5-12-13(7-11)26-17(20-12)21-14(22)8-25-15-6-10(2)18-9-19-15/h4-7,9H,3,8H2,1-2H3,(H,20,21,22). The van der Waals surface area contributed by atoms with Crippen molar-refractivity contribution in [2.75, 3.05) is 17.7 Å². The van der Waals surface area contributed by atoms with Crippen LogP contribution in [0.25, 0.3) is 10.2 Å². The molecule has 134 valence electrons. The topological polar surface area (TPSA) is 94.1 Å². The third-order valence-electron chi connectivity index (χ3n) is 3.28. The van der Waals surface area contributed by atoms with Gasteiger partial charge in [-0.05, 0) is 38.1 Å². The largest absolute Gasteiger partial charge is 0.462 e. The molecule has 0 spiro atoms. The Labute approximate surface area is 158 Å². The Balaban J connectivity index is 1.64. The van der Waals surface area contributed by atoms with Crippen molar-refractivity contribution in [1.82, 2.24) is 15.0 Å². The van der Waals surface area contributed by atoms with Crippen LogP contribution >= 0.6 is 23.1 Å². The molecule has 2 heterocycles. The summed E-state index contributed by atoms with van der Waals surface area (Å²) < 4.78 is 5.80. The van der Waals surface area contributed by atoms with Crippen LogP contribution < -0.4 is 5.32 Å². The Hall–Kier alpha value is -2.52. The van der Waals surface area contributed by atoms with E-state index in [1.165, 1.54) is 29.4 Å². The average molecular weight is 388 g/mol. The predicted octanol–water partition coefficient (Wildman–Crippen LogP) is 3.30.